The topological polar surface area (TPSA) is 56.1 Å². The quantitative estimate of drug-likeness (QED) is 0.863. The molecule has 1 N–H and O–H groups in total. The SMILES string of the molecule is CC(NC(=O)CN1CCC(C#N)CC1)C1CC2CCC1C2. The molecule has 1 aliphatic heterocycles. The molecule has 2 aliphatic carbocycles. The highest BCUT2D eigenvalue weighted by Gasteiger charge is 2.42. The van der Waals surface area contributed by atoms with E-state index in [2.05, 4.69) is 23.2 Å². The van der Waals surface area contributed by atoms with Crippen LogP contribution in [-0.4, -0.2) is 36.5 Å². The highest BCUT2D eigenvalue weighted by Crippen LogP contribution is 2.49. The number of carbonyl (C=O) groups is 1. The third-order valence-corrected chi connectivity index (χ3v) is 5.96. The molecule has 1 saturated heterocycles. The molecule has 0 aromatic carbocycles. The van der Waals surface area contributed by atoms with Crippen LogP contribution in [-0.2, 0) is 4.79 Å². The van der Waals surface area contributed by atoms with Gasteiger partial charge in [-0.25, -0.2) is 0 Å². The first-order chi connectivity index (χ1) is 10.2. The van der Waals surface area contributed by atoms with Crippen LogP contribution < -0.4 is 5.32 Å². The predicted octanol–water partition coefficient (Wildman–Crippen LogP) is 2.16. The summed E-state index contributed by atoms with van der Waals surface area (Å²) in [6, 6.07) is 2.66. The van der Waals surface area contributed by atoms with Crippen molar-refractivity contribution in [2.45, 2.75) is 51.5 Å². The van der Waals surface area contributed by atoms with Crippen molar-refractivity contribution in [3.63, 3.8) is 0 Å². The summed E-state index contributed by atoms with van der Waals surface area (Å²) in [4.78, 5) is 14.4. The molecule has 4 atom stereocenters. The van der Waals surface area contributed by atoms with Crippen LogP contribution in [0.25, 0.3) is 0 Å². The highest BCUT2D eigenvalue weighted by atomic mass is 16.2. The molecule has 21 heavy (non-hydrogen) atoms. The van der Waals surface area contributed by atoms with Gasteiger partial charge in [-0.05, 0) is 69.9 Å². The fourth-order valence-electron chi connectivity index (χ4n) is 4.74. The van der Waals surface area contributed by atoms with E-state index < -0.39 is 0 Å². The van der Waals surface area contributed by atoms with Gasteiger partial charge >= 0.3 is 0 Å². The zero-order valence-corrected chi connectivity index (χ0v) is 13.1. The lowest BCUT2D eigenvalue weighted by Gasteiger charge is -2.31. The van der Waals surface area contributed by atoms with E-state index in [0.29, 0.717) is 18.5 Å². The van der Waals surface area contributed by atoms with Crippen molar-refractivity contribution in [1.82, 2.24) is 10.2 Å². The smallest absolute Gasteiger partial charge is 0.234 e. The minimum atomic E-state index is 0.167. The first-order valence-electron chi connectivity index (χ1n) is 8.57. The number of likely N-dealkylation sites (tertiary alicyclic amines) is 1. The molecule has 0 aromatic rings. The Balaban J connectivity index is 1.41. The van der Waals surface area contributed by atoms with Crippen molar-refractivity contribution >= 4 is 5.91 Å². The minimum Gasteiger partial charge on any atom is -0.352 e. The molecule has 4 nitrogen and oxygen atoms in total. The van der Waals surface area contributed by atoms with E-state index in [4.69, 9.17) is 5.26 Å². The summed E-state index contributed by atoms with van der Waals surface area (Å²) in [6.07, 6.45) is 7.32. The number of rotatable bonds is 4. The number of amides is 1. The molecule has 3 fully saturated rings. The molecule has 116 valence electrons. The minimum absolute atomic E-state index is 0.167. The molecule has 0 aromatic heterocycles. The number of nitrogens with zero attached hydrogens (tertiary/aromatic N) is 2. The number of piperidine rings is 1. The van der Waals surface area contributed by atoms with Gasteiger partial charge in [-0.15, -0.1) is 0 Å². The van der Waals surface area contributed by atoms with Gasteiger partial charge in [-0.2, -0.15) is 5.26 Å². The van der Waals surface area contributed by atoms with E-state index in [9.17, 15) is 4.79 Å². The van der Waals surface area contributed by atoms with E-state index in [0.717, 1.165) is 37.8 Å². The van der Waals surface area contributed by atoms with Crippen LogP contribution in [0, 0.1) is 35.0 Å². The van der Waals surface area contributed by atoms with Crippen molar-refractivity contribution in [2.24, 2.45) is 23.7 Å². The molecule has 4 unspecified atom stereocenters. The molecule has 1 heterocycles. The largest absolute Gasteiger partial charge is 0.352 e. The van der Waals surface area contributed by atoms with Gasteiger partial charge in [0.15, 0.2) is 0 Å². The van der Waals surface area contributed by atoms with E-state index >= 15 is 0 Å². The molecule has 0 radical (unpaired) electrons. The lowest BCUT2D eigenvalue weighted by atomic mass is 9.84. The second-order valence-electron chi connectivity index (χ2n) is 7.37. The molecule has 4 heteroatoms. The number of hydrogen-bond acceptors (Lipinski definition) is 3. The van der Waals surface area contributed by atoms with Crippen LogP contribution in [0.1, 0.15) is 45.4 Å². The maximum Gasteiger partial charge on any atom is 0.234 e. The predicted molar refractivity (Wildman–Crippen MR) is 81.3 cm³/mol. The zero-order valence-electron chi connectivity index (χ0n) is 13.1. The van der Waals surface area contributed by atoms with Crippen LogP contribution >= 0.6 is 0 Å². The lowest BCUT2D eigenvalue weighted by Crippen LogP contribution is -2.46. The summed E-state index contributed by atoms with van der Waals surface area (Å²) in [7, 11) is 0. The van der Waals surface area contributed by atoms with Gasteiger partial charge in [-0.1, -0.05) is 6.42 Å². The average Bonchev–Trinajstić information content (AvgIpc) is 3.10. The van der Waals surface area contributed by atoms with Crippen LogP contribution in [0.3, 0.4) is 0 Å². The number of hydrogen-bond donors (Lipinski definition) is 1. The molecule has 1 amide bonds. The third-order valence-electron chi connectivity index (χ3n) is 5.96. The summed E-state index contributed by atoms with van der Waals surface area (Å²) >= 11 is 0. The normalized spacial score (nSPS) is 34.6. The maximum atomic E-state index is 12.2. The number of fused-ring (bicyclic) bond motifs is 2. The van der Waals surface area contributed by atoms with Gasteiger partial charge in [0.1, 0.15) is 0 Å². The Labute approximate surface area is 127 Å². The Morgan fingerprint density at radius 1 is 1.29 bits per heavy atom. The van der Waals surface area contributed by atoms with Crippen LogP contribution in [0.5, 0.6) is 0 Å². The standard InChI is InChI=1S/C17H27N3O/c1-12(16-9-14-2-3-15(16)8-14)19-17(21)11-20-6-4-13(10-18)5-7-20/h12-16H,2-9,11H2,1H3,(H,19,21). The van der Waals surface area contributed by atoms with Gasteiger partial charge in [0.25, 0.3) is 0 Å². The molecule has 2 bridgehead atoms. The zero-order chi connectivity index (χ0) is 14.8. The molecule has 3 aliphatic rings. The van der Waals surface area contributed by atoms with E-state index in [1.807, 2.05) is 0 Å². The Hall–Kier alpha value is -1.08. The van der Waals surface area contributed by atoms with E-state index in [1.165, 1.54) is 25.7 Å². The lowest BCUT2D eigenvalue weighted by molar-refractivity contribution is -0.123. The molecule has 2 saturated carbocycles. The number of nitriles is 1. The van der Waals surface area contributed by atoms with Gasteiger partial charge in [0.05, 0.1) is 12.6 Å². The fraction of sp³-hybridized carbons (Fsp3) is 0.882. The van der Waals surface area contributed by atoms with E-state index in [1.54, 1.807) is 0 Å². The van der Waals surface area contributed by atoms with Crippen LogP contribution in [0.15, 0.2) is 0 Å². The van der Waals surface area contributed by atoms with Crippen molar-refractivity contribution in [3.05, 3.63) is 0 Å². The Morgan fingerprint density at radius 2 is 2.05 bits per heavy atom. The summed E-state index contributed by atoms with van der Waals surface area (Å²) in [5, 5.41) is 12.1. The fourth-order valence-corrected chi connectivity index (χ4v) is 4.74. The van der Waals surface area contributed by atoms with Crippen molar-refractivity contribution < 1.29 is 4.79 Å². The maximum absolute atomic E-state index is 12.2. The second-order valence-corrected chi connectivity index (χ2v) is 7.37. The Kier molecular flexibility index (Phi) is 4.49. The summed E-state index contributed by atoms with van der Waals surface area (Å²) in [5.41, 5.74) is 0. The van der Waals surface area contributed by atoms with Gasteiger partial charge < -0.3 is 5.32 Å². The van der Waals surface area contributed by atoms with Gasteiger partial charge in [0, 0.05) is 12.0 Å². The third kappa shape index (κ3) is 3.40. The first kappa shape index (κ1) is 14.8. The van der Waals surface area contributed by atoms with Crippen molar-refractivity contribution in [3.8, 4) is 6.07 Å². The molecule has 3 rings (SSSR count). The second kappa shape index (κ2) is 6.36. The summed E-state index contributed by atoms with van der Waals surface area (Å²) in [6.45, 7) is 4.46. The Bertz CT molecular complexity index is 422. The number of carbonyl (C=O) groups excluding carboxylic acids is 1. The molecular weight excluding hydrogens is 262 g/mol. The average molecular weight is 289 g/mol. The first-order valence-corrected chi connectivity index (χ1v) is 8.57. The molecular formula is C17H27N3O. The van der Waals surface area contributed by atoms with Crippen LogP contribution in [0.4, 0.5) is 0 Å². The van der Waals surface area contributed by atoms with Gasteiger partial charge in [-0.3, -0.25) is 9.69 Å². The van der Waals surface area contributed by atoms with E-state index in [-0.39, 0.29) is 11.8 Å². The highest BCUT2D eigenvalue weighted by molar-refractivity contribution is 5.78. The summed E-state index contributed by atoms with van der Waals surface area (Å²) in [5.74, 6) is 2.86. The monoisotopic (exact) mass is 289 g/mol. The Morgan fingerprint density at radius 3 is 2.62 bits per heavy atom. The molecule has 0 spiro atoms. The summed E-state index contributed by atoms with van der Waals surface area (Å²) < 4.78 is 0. The van der Waals surface area contributed by atoms with Crippen LogP contribution in [0.2, 0.25) is 0 Å². The number of nitrogens with one attached hydrogen (secondary N) is 1. The van der Waals surface area contributed by atoms with Gasteiger partial charge in [0.2, 0.25) is 5.91 Å². The van der Waals surface area contributed by atoms with Crippen molar-refractivity contribution in [1.29, 1.82) is 5.26 Å². The van der Waals surface area contributed by atoms with Crippen molar-refractivity contribution in [2.75, 3.05) is 19.6 Å².